The van der Waals surface area contributed by atoms with Crippen LogP contribution in [0.5, 0.6) is 0 Å². The monoisotopic (exact) mass is 215 g/mol. The van der Waals surface area contributed by atoms with Crippen molar-refractivity contribution in [3.05, 3.63) is 41.9 Å². The van der Waals surface area contributed by atoms with Crippen molar-refractivity contribution in [3.8, 4) is 0 Å². The number of rotatable bonds is 3. The number of hydrogen-bond acceptors (Lipinski definition) is 5. The third-order valence-electron chi connectivity index (χ3n) is 2.35. The molecular weight excluding hydrogens is 202 g/mol. The molecule has 0 saturated carbocycles. The van der Waals surface area contributed by atoms with E-state index in [4.69, 9.17) is 11.5 Å². The maximum absolute atomic E-state index is 5.74. The first-order valence-corrected chi connectivity index (χ1v) is 5.01. The van der Waals surface area contributed by atoms with Gasteiger partial charge in [-0.25, -0.2) is 4.98 Å². The van der Waals surface area contributed by atoms with E-state index < -0.39 is 0 Å². The van der Waals surface area contributed by atoms with Gasteiger partial charge in [-0.3, -0.25) is 4.98 Å². The molecule has 4 N–H and O–H groups in total. The molecule has 0 saturated heterocycles. The van der Waals surface area contributed by atoms with E-state index in [2.05, 4.69) is 15.0 Å². The molecule has 5 nitrogen and oxygen atoms in total. The van der Waals surface area contributed by atoms with Crippen molar-refractivity contribution in [3.63, 3.8) is 0 Å². The molecule has 2 heterocycles. The molecule has 2 aromatic rings. The highest BCUT2D eigenvalue weighted by molar-refractivity contribution is 5.41. The molecule has 0 unspecified atom stereocenters. The van der Waals surface area contributed by atoms with Gasteiger partial charge in [0.15, 0.2) is 0 Å². The van der Waals surface area contributed by atoms with Crippen molar-refractivity contribution in [1.82, 2.24) is 15.0 Å². The minimum atomic E-state index is 0.213. The van der Waals surface area contributed by atoms with Crippen LogP contribution in [0.25, 0.3) is 0 Å². The third kappa shape index (κ3) is 2.44. The molecule has 2 rings (SSSR count). The van der Waals surface area contributed by atoms with E-state index in [9.17, 15) is 0 Å². The van der Waals surface area contributed by atoms with Crippen LogP contribution >= 0.6 is 0 Å². The predicted molar refractivity (Wildman–Crippen MR) is 62.5 cm³/mol. The highest BCUT2D eigenvalue weighted by atomic mass is 15.0. The Morgan fingerprint density at radius 2 is 1.81 bits per heavy atom. The summed E-state index contributed by atoms with van der Waals surface area (Å²) >= 11 is 0. The Morgan fingerprint density at radius 1 is 1.06 bits per heavy atom. The van der Waals surface area contributed by atoms with Crippen LogP contribution in [0, 0.1) is 0 Å². The number of nitrogens with zero attached hydrogens (tertiary/aromatic N) is 3. The van der Waals surface area contributed by atoms with Gasteiger partial charge in [-0.05, 0) is 30.5 Å². The van der Waals surface area contributed by atoms with Crippen molar-refractivity contribution in [2.75, 3.05) is 11.5 Å². The number of hydrogen-bond donors (Lipinski definition) is 2. The number of aromatic nitrogens is 3. The number of pyridine rings is 1. The molecule has 0 fully saturated rings. The molecule has 0 aliphatic carbocycles. The lowest BCUT2D eigenvalue weighted by Gasteiger charge is -2.04. The summed E-state index contributed by atoms with van der Waals surface area (Å²) in [6.07, 6.45) is 6.92. The highest BCUT2D eigenvalue weighted by Gasteiger charge is 2.02. The van der Waals surface area contributed by atoms with Gasteiger partial charge in [0, 0.05) is 24.2 Å². The maximum atomic E-state index is 5.74. The van der Waals surface area contributed by atoms with Crippen molar-refractivity contribution >= 4 is 11.8 Å². The molecule has 82 valence electrons. The second-order valence-electron chi connectivity index (χ2n) is 3.49. The van der Waals surface area contributed by atoms with Gasteiger partial charge >= 0.3 is 0 Å². The van der Waals surface area contributed by atoms with Gasteiger partial charge in [0.05, 0.1) is 0 Å². The molecular formula is C11H13N5. The lowest BCUT2D eigenvalue weighted by molar-refractivity contribution is 0.937. The fraction of sp³-hybridized carbons (Fsp3) is 0.182. The summed E-state index contributed by atoms with van der Waals surface area (Å²) in [7, 11) is 0. The minimum Gasteiger partial charge on any atom is -0.383 e. The molecule has 16 heavy (non-hydrogen) atoms. The van der Waals surface area contributed by atoms with Crippen LogP contribution in [-0.4, -0.2) is 15.0 Å². The number of nitrogens with two attached hydrogens (primary N) is 2. The van der Waals surface area contributed by atoms with E-state index in [0.29, 0.717) is 5.82 Å². The Bertz CT molecular complexity index is 469. The van der Waals surface area contributed by atoms with Crippen LogP contribution in [-0.2, 0) is 12.8 Å². The average molecular weight is 215 g/mol. The number of aryl methyl sites for hydroxylation is 2. The summed E-state index contributed by atoms with van der Waals surface area (Å²) in [5.41, 5.74) is 13.3. The van der Waals surface area contributed by atoms with Crippen LogP contribution in [0.1, 0.15) is 11.1 Å². The SMILES string of the molecule is Nc1ncc(CCc2ccncc2)c(N)n1. The summed E-state index contributed by atoms with van der Waals surface area (Å²) in [4.78, 5) is 11.8. The summed E-state index contributed by atoms with van der Waals surface area (Å²) in [6.45, 7) is 0. The van der Waals surface area contributed by atoms with E-state index in [1.807, 2.05) is 12.1 Å². The normalized spacial score (nSPS) is 10.2. The van der Waals surface area contributed by atoms with Gasteiger partial charge in [-0.2, -0.15) is 4.98 Å². The first-order chi connectivity index (χ1) is 7.75. The zero-order chi connectivity index (χ0) is 11.4. The quantitative estimate of drug-likeness (QED) is 0.791. The topological polar surface area (TPSA) is 90.7 Å². The third-order valence-corrected chi connectivity index (χ3v) is 2.35. The molecule has 0 atom stereocenters. The summed E-state index contributed by atoms with van der Waals surface area (Å²) in [5.74, 6) is 0.673. The lowest BCUT2D eigenvalue weighted by Crippen LogP contribution is -2.04. The van der Waals surface area contributed by atoms with E-state index in [1.165, 1.54) is 5.56 Å². The van der Waals surface area contributed by atoms with E-state index >= 15 is 0 Å². The fourth-order valence-electron chi connectivity index (χ4n) is 1.46. The molecule has 0 aliphatic rings. The second-order valence-corrected chi connectivity index (χ2v) is 3.49. The van der Waals surface area contributed by atoms with Gasteiger partial charge in [-0.15, -0.1) is 0 Å². The van der Waals surface area contributed by atoms with Crippen molar-refractivity contribution < 1.29 is 0 Å². The molecule has 0 aliphatic heterocycles. The van der Waals surface area contributed by atoms with E-state index in [1.54, 1.807) is 18.6 Å². The van der Waals surface area contributed by atoms with Gasteiger partial charge in [-0.1, -0.05) is 0 Å². The van der Waals surface area contributed by atoms with Crippen molar-refractivity contribution in [2.45, 2.75) is 12.8 Å². The van der Waals surface area contributed by atoms with Crippen LogP contribution < -0.4 is 11.5 Å². The molecule has 0 bridgehead atoms. The largest absolute Gasteiger partial charge is 0.383 e. The first kappa shape index (κ1) is 10.4. The Labute approximate surface area is 93.6 Å². The second kappa shape index (κ2) is 4.57. The minimum absolute atomic E-state index is 0.213. The van der Waals surface area contributed by atoms with Crippen LogP contribution in [0.3, 0.4) is 0 Å². The number of anilines is 2. The summed E-state index contributed by atoms with van der Waals surface area (Å²) < 4.78 is 0. The van der Waals surface area contributed by atoms with Gasteiger partial charge < -0.3 is 11.5 Å². The Balaban J connectivity index is 2.05. The molecule has 0 aromatic carbocycles. The van der Waals surface area contributed by atoms with Crippen molar-refractivity contribution in [1.29, 1.82) is 0 Å². The summed E-state index contributed by atoms with van der Waals surface area (Å²) in [6, 6.07) is 3.96. The van der Waals surface area contributed by atoms with E-state index in [-0.39, 0.29) is 5.95 Å². The standard InChI is InChI=1S/C11H13N5/c12-10-9(7-15-11(13)16-10)2-1-8-3-5-14-6-4-8/h3-7H,1-2H2,(H4,12,13,15,16). The van der Waals surface area contributed by atoms with Crippen LogP contribution in [0.15, 0.2) is 30.7 Å². The number of nitrogen functional groups attached to an aromatic ring is 2. The smallest absolute Gasteiger partial charge is 0.221 e. The first-order valence-electron chi connectivity index (χ1n) is 5.01. The molecule has 5 heteroatoms. The molecule has 2 aromatic heterocycles. The Kier molecular flexibility index (Phi) is 2.95. The Morgan fingerprint density at radius 3 is 2.50 bits per heavy atom. The molecule has 0 spiro atoms. The lowest BCUT2D eigenvalue weighted by atomic mass is 10.1. The predicted octanol–water partition coefficient (Wildman–Crippen LogP) is 0.821. The van der Waals surface area contributed by atoms with Gasteiger partial charge in [0.2, 0.25) is 5.95 Å². The van der Waals surface area contributed by atoms with Crippen molar-refractivity contribution in [2.24, 2.45) is 0 Å². The molecule has 0 radical (unpaired) electrons. The highest BCUT2D eigenvalue weighted by Crippen LogP contribution is 2.11. The van der Waals surface area contributed by atoms with Crippen LogP contribution in [0.4, 0.5) is 11.8 Å². The fourth-order valence-corrected chi connectivity index (χ4v) is 1.46. The zero-order valence-electron chi connectivity index (χ0n) is 8.80. The van der Waals surface area contributed by atoms with Crippen LogP contribution in [0.2, 0.25) is 0 Å². The zero-order valence-corrected chi connectivity index (χ0v) is 8.80. The van der Waals surface area contributed by atoms with Gasteiger partial charge in [0.1, 0.15) is 5.82 Å². The average Bonchev–Trinajstić information content (AvgIpc) is 2.29. The molecule has 0 amide bonds. The summed E-state index contributed by atoms with van der Waals surface area (Å²) in [5, 5.41) is 0. The van der Waals surface area contributed by atoms with Gasteiger partial charge in [0.25, 0.3) is 0 Å². The Hall–Kier alpha value is -2.17. The van der Waals surface area contributed by atoms with E-state index in [0.717, 1.165) is 18.4 Å². The maximum Gasteiger partial charge on any atom is 0.221 e.